The number of aromatic nitrogens is 2. The molecule has 1 atom stereocenters. The molecule has 0 bridgehead atoms. The number of nitrogens with one attached hydrogen (secondary N) is 3. The van der Waals surface area contributed by atoms with E-state index in [0.717, 1.165) is 17.2 Å². The Bertz CT molecular complexity index is 504. The molecule has 0 radical (unpaired) electrons. The summed E-state index contributed by atoms with van der Waals surface area (Å²) < 4.78 is 5.44. The highest BCUT2D eigenvalue weighted by molar-refractivity contribution is 5.74. The molecule has 18 heavy (non-hydrogen) atoms. The number of urea groups is 1. The molecule has 0 saturated carbocycles. The third kappa shape index (κ3) is 3.13. The Kier molecular flexibility index (Phi) is 3.66. The number of rotatable bonds is 4. The van der Waals surface area contributed by atoms with Crippen LogP contribution < -0.4 is 10.6 Å². The summed E-state index contributed by atoms with van der Waals surface area (Å²) in [7, 11) is 0. The Morgan fingerprint density at radius 3 is 2.94 bits per heavy atom. The maximum Gasteiger partial charge on any atom is 0.315 e. The van der Waals surface area contributed by atoms with Crippen molar-refractivity contribution in [2.24, 2.45) is 0 Å². The molecule has 0 aliphatic rings. The standard InChI is InChI=1S/C12H16N4O2/c1-8-3-4-11(18-8)9(2)15-12(17)13-7-10-5-6-14-16-10/h3-6,9H,7H2,1-2H3,(H,14,16)(H2,13,15,17)/t9-/m0/s1. The number of aryl methyl sites for hydroxylation is 1. The fraction of sp³-hybridized carbons (Fsp3) is 0.333. The lowest BCUT2D eigenvalue weighted by atomic mass is 10.2. The van der Waals surface area contributed by atoms with E-state index < -0.39 is 0 Å². The molecule has 0 fully saturated rings. The first-order valence-electron chi connectivity index (χ1n) is 5.74. The lowest BCUT2D eigenvalue weighted by Gasteiger charge is -2.12. The van der Waals surface area contributed by atoms with Crippen LogP contribution in [-0.2, 0) is 6.54 Å². The van der Waals surface area contributed by atoms with Crippen molar-refractivity contribution in [1.82, 2.24) is 20.8 Å². The van der Waals surface area contributed by atoms with Gasteiger partial charge in [-0.25, -0.2) is 4.79 Å². The van der Waals surface area contributed by atoms with Crippen LogP contribution in [0.25, 0.3) is 0 Å². The van der Waals surface area contributed by atoms with E-state index in [0.29, 0.717) is 6.54 Å². The predicted octanol–water partition coefficient (Wildman–Crippen LogP) is 1.87. The zero-order valence-electron chi connectivity index (χ0n) is 10.4. The summed E-state index contributed by atoms with van der Waals surface area (Å²) in [4.78, 5) is 11.6. The zero-order valence-corrected chi connectivity index (χ0v) is 10.4. The minimum atomic E-state index is -0.244. The van der Waals surface area contributed by atoms with Gasteiger partial charge in [-0.15, -0.1) is 0 Å². The van der Waals surface area contributed by atoms with Crippen LogP contribution in [0.4, 0.5) is 4.79 Å². The molecule has 0 unspecified atom stereocenters. The van der Waals surface area contributed by atoms with E-state index >= 15 is 0 Å². The number of hydrogen-bond acceptors (Lipinski definition) is 3. The number of furan rings is 1. The van der Waals surface area contributed by atoms with Gasteiger partial charge in [0, 0.05) is 6.20 Å². The third-order valence-corrected chi connectivity index (χ3v) is 2.53. The van der Waals surface area contributed by atoms with Gasteiger partial charge in [0.15, 0.2) is 0 Å². The van der Waals surface area contributed by atoms with E-state index in [-0.39, 0.29) is 12.1 Å². The van der Waals surface area contributed by atoms with Crippen molar-refractivity contribution >= 4 is 6.03 Å². The summed E-state index contributed by atoms with van der Waals surface area (Å²) in [5.74, 6) is 1.57. The van der Waals surface area contributed by atoms with Crippen LogP contribution in [0.2, 0.25) is 0 Å². The summed E-state index contributed by atoms with van der Waals surface area (Å²) in [6.07, 6.45) is 1.64. The Morgan fingerprint density at radius 2 is 2.33 bits per heavy atom. The highest BCUT2D eigenvalue weighted by Crippen LogP contribution is 2.15. The second-order valence-corrected chi connectivity index (χ2v) is 4.08. The number of H-pyrrole nitrogens is 1. The van der Waals surface area contributed by atoms with Crippen molar-refractivity contribution in [3.8, 4) is 0 Å². The van der Waals surface area contributed by atoms with Crippen molar-refractivity contribution in [3.05, 3.63) is 41.6 Å². The van der Waals surface area contributed by atoms with Gasteiger partial charge in [0.2, 0.25) is 0 Å². The van der Waals surface area contributed by atoms with Crippen molar-refractivity contribution in [3.63, 3.8) is 0 Å². The average molecular weight is 248 g/mol. The minimum absolute atomic E-state index is 0.166. The van der Waals surface area contributed by atoms with Gasteiger partial charge in [-0.05, 0) is 32.0 Å². The summed E-state index contributed by atoms with van der Waals surface area (Å²) in [5, 5.41) is 12.1. The molecule has 2 aromatic heterocycles. The topological polar surface area (TPSA) is 83.0 Å². The first kappa shape index (κ1) is 12.2. The van der Waals surface area contributed by atoms with E-state index in [1.165, 1.54) is 0 Å². The molecule has 2 amide bonds. The van der Waals surface area contributed by atoms with Gasteiger partial charge in [0.05, 0.1) is 18.3 Å². The molecule has 2 heterocycles. The highest BCUT2D eigenvalue weighted by atomic mass is 16.3. The predicted molar refractivity (Wildman–Crippen MR) is 65.8 cm³/mol. The fourth-order valence-electron chi connectivity index (χ4n) is 1.56. The summed E-state index contributed by atoms with van der Waals surface area (Å²) >= 11 is 0. The highest BCUT2D eigenvalue weighted by Gasteiger charge is 2.12. The van der Waals surface area contributed by atoms with Crippen LogP contribution in [-0.4, -0.2) is 16.2 Å². The molecule has 0 saturated heterocycles. The van der Waals surface area contributed by atoms with Crippen LogP contribution in [0.15, 0.2) is 28.8 Å². The van der Waals surface area contributed by atoms with Gasteiger partial charge in [0.25, 0.3) is 0 Å². The van der Waals surface area contributed by atoms with Crippen LogP contribution in [0.5, 0.6) is 0 Å². The first-order valence-corrected chi connectivity index (χ1v) is 5.74. The Labute approximate surface area is 105 Å². The second-order valence-electron chi connectivity index (χ2n) is 4.08. The number of aromatic amines is 1. The normalized spacial score (nSPS) is 12.1. The molecular formula is C12H16N4O2. The molecule has 0 aliphatic heterocycles. The van der Waals surface area contributed by atoms with Crippen LogP contribution in [0.1, 0.15) is 30.2 Å². The van der Waals surface area contributed by atoms with E-state index in [4.69, 9.17) is 4.42 Å². The molecule has 6 nitrogen and oxygen atoms in total. The number of amides is 2. The van der Waals surface area contributed by atoms with Crippen molar-refractivity contribution in [2.75, 3.05) is 0 Å². The molecule has 0 aliphatic carbocycles. The summed E-state index contributed by atoms with van der Waals surface area (Å²) in [5.41, 5.74) is 0.853. The number of carbonyl (C=O) groups excluding carboxylic acids is 1. The fourth-order valence-corrected chi connectivity index (χ4v) is 1.56. The molecule has 3 N–H and O–H groups in total. The quantitative estimate of drug-likeness (QED) is 0.772. The van der Waals surface area contributed by atoms with E-state index in [1.54, 1.807) is 12.3 Å². The lowest BCUT2D eigenvalue weighted by Crippen LogP contribution is -2.36. The van der Waals surface area contributed by atoms with Gasteiger partial charge in [-0.2, -0.15) is 5.10 Å². The summed E-state index contributed by atoms with van der Waals surface area (Å²) in [6, 6.07) is 5.12. The number of hydrogen-bond donors (Lipinski definition) is 3. The third-order valence-electron chi connectivity index (χ3n) is 2.53. The molecule has 0 spiro atoms. The first-order chi connectivity index (χ1) is 8.65. The van der Waals surface area contributed by atoms with Gasteiger partial charge in [0.1, 0.15) is 11.5 Å². The van der Waals surface area contributed by atoms with Crippen LogP contribution in [0, 0.1) is 6.92 Å². The molecule has 0 aromatic carbocycles. The largest absolute Gasteiger partial charge is 0.464 e. The van der Waals surface area contributed by atoms with Gasteiger partial charge < -0.3 is 15.1 Å². The van der Waals surface area contributed by atoms with E-state index in [9.17, 15) is 4.79 Å². The summed E-state index contributed by atoms with van der Waals surface area (Å²) in [6.45, 7) is 4.15. The average Bonchev–Trinajstić information content (AvgIpc) is 2.97. The number of nitrogens with zero attached hydrogens (tertiary/aromatic N) is 1. The van der Waals surface area contributed by atoms with Crippen LogP contribution >= 0.6 is 0 Å². The monoisotopic (exact) mass is 248 g/mol. The Hall–Kier alpha value is -2.24. The second kappa shape index (κ2) is 5.39. The Morgan fingerprint density at radius 1 is 1.50 bits per heavy atom. The molecule has 2 rings (SSSR count). The van der Waals surface area contributed by atoms with Crippen molar-refractivity contribution in [1.29, 1.82) is 0 Å². The van der Waals surface area contributed by atoms with Gasteiger partial charge in [-0.1, -0.05) is 0 Å². The smallest absolute Gasteiger partial charge is 0.315 e. The van der Waals surface area contributed by atoms with Crippen LogP contribution in [0.3, 0.4) is 0 Å². The van der Waals surface area contributed by atoms with Gasteiger partial charge >= 0.3 is 6.03 Å². The zero-order chi connectivity index (χ0) is 13.0. The Balaban J connectivity index is 1.80. The van der Waals surface area contributed by atoms with Gasteiger partial charge in [-0.3, -0.25) is 5.10 Å². The maximum absolute atomic E-state index is 11.6. The molecule has 96 valence electrons. The molecular weight excluding hydrogens is 232 g/mol. The van der Waals surface area contributed by atoms with Crippen molar-refractivity contribution in [2.45, 2.75) is 26.4 Å². The SMILES string of the molecule is Cc1ccc([C@H](C)NC(=O)NCc2ccn[nH]2)o1. The maximum atomic E-state index is 11.6. The molecule has 6 heteroatoms. The lowest BCUT2D eigenvalue weighted by molar-refractivity contribution is 0.235. The minimum Gasteiger partial charge on any atom is -0.464 e. The molecule has 2 aromatic rings. The van der Waals surface area contributed by atoms with Crippen molar-refractivity contribution < 1.29 is 9.21 Å². The number of carbonyl (C=O) groups is 1. The van der Waals surface area contributed by atoms with E-state index in [2.05, 4.69) is 20.8 Å². The van der Waals surface area contributed by atoms with E-state index in [1.807, 2.05) is 26.0 Å².